The van der Waals surface area contributed by atoms with Crippen LogP contribution in [0.1, 0.15) is 25.3 Å². The van der Waals surface area contributed by atoms with E-state index in [4.69, 9.17) is 4.52 Å². The van der Waals surface area contributed by atoms with Gasteiger partial charge >= 0.3 is 0 Å². The van der Waals surface area contributed by atoms with Crippen LogP contribution < -0.4 is 5.32 Å². The van der Waals surface area contributed by atoms with Crippen molar-refractivity contribution < 1.29 is 4.52 Å². The highest BCUT2D eigenvalue weighted by Crippen LogP contribution is 2.31. The minimum Gasteiger partial charge on any atom is -0.337 e. The quantitative estimate of drug-likeness (QED) is 0.926. The van der Waals surface area contributed by atoms with Crippen LogP contribution in [0.25, 0.3) is 11.4 Å². The molecule has 18 heavy (non-hydrogen) atoms. The van der Waals surface area contributed by atoms with E-state index >= 15 is 0 Å². The van der Waals surface area contributed by atoms with Gasteiger partial charge in [-0.2, -0.15) is 4.98 Å². The fraction of sp³-hybridized carbons (Fsp3) is 0.385. The highest BCUT2D eigenvalue weighted by molar-refractivity contribution is 9.10. The zero-order chi connectivity index (χ0) is 12.5. The molecular formula is C13H14BrN3O. The summed E-state index contributed by atoms with van der Waals surface area (Å²) in [5, 5.41) is 7.46. The number of nitrogens with one attached hydrogen (secondary N) is 1. The maximum atomic E-state index is 5.38. The van der Waals surface area contributed by atoms with E-state index in [1.54, 1.807) is 0 Å². The van der Waals surface area contributed by atoms with Gasteiger partial charge in [0.2, 0.25) is 11.7 Å². The van der Waals surface area contributed by atoms with Gasteiger partial charge in [-0.05, 0) is 31.0 Å². The lowest BCUT2D eigenvalue weighted by atomic mass is 10.0. The number of benzene rings is 1. The Kier molecular flexibility index (Phi) is 3.18. The molecule has 0 saturated carbocycles. The fourth-order valence-electron chi connectivity index (χ4n) is 2.28. The molecule has 4 nitrogen and oxygen atoms in total. The highest BCUT2D eigenvalue weighted by atomic mass is 79.9. The third-order valence-corrected chi connectivity index (χ3v) is 4.05. The third-order valence-electron chi connectivity index (χ3n) is 3.36. The normalized spacial score (nSPS) is 23.4. The van der Waals surface area contributed by atoms with Gasteiger partial charge in [0.1, 0.15) is 0 Å². The molecule has 0 bridgehead atoms. The smallest absolute Gasteiger partial charge is 0.244 e. The largest absolute Gasteiger partial charge is 0.337 e. The summed E-state index contributed by atoms with van der Waals surface area (Å²) in [4.78, 5) is 4.50. The number of halogens is 1. The Labute approximate surface area is 114 Å². The summed E-state index contributed by atoms with van der Waals surface area (Å²) in [5.74, 6) is 1.86. The zero-order valence-electron chi connectivity index (χ0n) is 10.1. The van der Waals surface area contributed by atoms with Crippen LogP contribution in [0.5, 0.6) is 0 Å². The molecule has 2 unspecified atom stereocenters. The van der Waals surface area contributed by atoms with Crippen molar-refractivity contribution in [1.82, 2.24) is 15.5 Å². The van der Waals surface area contributed by atoms with Gasteiger partial charge in [-0.1, -0.05) is 40.1 Å². The summed E-state index contributed by atoms with van der Waals surface area (Å²) in [7, 11) is 0. The molecule has 0 spiro atoms. The van der Waals surface area contributed by atoms with E-state index < -0.39 is 0 Å². The van der Waals surface area contributed by atoms with Gasteiger partial charge < -0.3 is 9.84 Å². The van der Waals surface area contributed by atoms with Gasteiger partial charge in [-0.15, -0.1) is 0 Å². The van der Waals surface area contributed by atoms with Crippen molar-refractivity contribution in [2.75, 3.05) is 6.54 Å². The summed E-state index contributed by atoms with van der Waals surface area (Å²) >= 11 is 3.50. The molecule has 94 valence electrons. The van der Waals surface area contributed by atoms with Crippen molar-refractivity contribution in [3.8, 4) is 11.4 Å². The Hall–Kier alpha value is -1.20. The monoisotopic (exact) mass is 307 g/mol. The number of nitrogens with zero attached hydrogens (tertiary/aromatic N) is 2. The van der Waals surface area contributed by atoms with E-state index in [9.17, 15) is 0 Å². The van der Waals surface area contributed by atoms with Crippen LogP contribution in [0, 0.1) is 5.92 Å². The number of rotatable bonds is 2. The van der Waals surface area contributed by atoms with Crippen LogP contribution in [0.4, 0.5) is 0 Å². The van der Waals surface area contributed by atoms with Crippen LogP contribution >= 0.6 is 15.9 Å². The second kappa shape index (κ2) is 4.82. The molecule has 5 heteroatoms. The average Bonchev–Trinajstić information content (AvgIpc) is 2.98. The first-order chi connectivity index (χ1) is 8.75. The average molecular weight is 308 g/mol. The fourth-order valence-corrected chi connectivity index (χ4v) is 2.74. The van der Waals surface area contributed by atoms with Crippen LogP contribution in [0.3, 0.4) is 0 Å². The maximum absolute atomic E-state index is 5.38. The highest BCUT2D eigenvalue weighted by Gasteiger charge is 2.29. The SMILES string of the molecule is CC1CCNC1c1nc(-c2ccccc2Br)no1. The molecule has 1 aliphatic rings. The Morgan fingerprint density at radius 1 is 1.39 bits per heavy atom. The molecule has 2 heterocycles. The predicted octanol–water partition coefficient (Wildman–Crippen LogP) is 3.17. The number of hydrogen-bond donors (Lipinski definition) is 1. The van der Waals surface area contributed by atoms with E-state index in [1.165, 1.54) is 0 Å². The van der Waals surface area contributed by atoms with Crippen LogP contribution in [0.15, 0.2) is 33.3 Å². The molecule has 2 atom stereocenters. The molecule has 1 saturated heterocycles. The van der Waals surface area contributed by atoms with E-state index in [0.29, 0.717) is 17.6 Å². The van der Waals surface area contributed by atoms with Crippen molar-refractivity contribution in [1.29, 1.82) is 0 Å². The zero-order valence-corrected chi connectivity index (χ0v) is 11.6. The summed E-state index contributed by atoms with van der Waals surface area (Å²) in [6, 6.07) is 8.07. The van der Waals surface area contributed by atoms with Crippen molar-refractivity contribution in [3.05, 3.63) is 34.6 Å². The van der Waals surface area contributed by atoms with Gasteiger partial charge in [0.05, 0.1) is 6.04 Å². The first-order valence-corrected chi connectivity index (χ1v) is 6.87. The molecule has 0 amide bonds. The molecule has 2 aromatic rings. The third kappa shape index (κ3) is 2.08. The first-order valence-electron chi connectivity index (χ1n) is 6.07. The van der Waals surface area contributed by atoms with E-state index in [-0.39, 0.29) is 6.04 Å². The lowest BCUT2D eigenvalue weighted by molar-refractivity contribution is 0.319. The molecule has 3 rings (SSSR count). The van der Waals surface area contributed by atoms with E-state index in [0.717, 1.165) is 23.0 Å². The van der Waals surface area contributed by atoms with Gasteiger partial charge in [-0.25, -0.2) is 0 Å². The molecule has 1 N–H and O–H groups in total. The number of hydrogen-bond acceptors (Lipinski definition) is 4. The standard InChI is InChI=1S/C13H14BrN3O/c1-8-6-7-15-11(8)13-16-12(17-18-13)9-4-2-3-5-10(9)14/h2-5,8,11,15H,6-7H2,1H3. The summed E-state index contributed by atoms with van der Waals surface area (Å²) < 4.78 is 6.36. The Bertz CT molecular complexity index is 555. The molecule has 1 aromatic carbocycles. The van der Waals surface area contributed by atoms with Crippen LogP contribution in [-0.2, 0) is 0 Å². The second-order valence-electron chi connectivity index (χ2n) is 4.63. The minimum atomic E-state index is 0.189. The topological polar surface area (TPSA) is 51.0 Å². The van der Waals surface area contributed by atoms with E-state index in [2.05, 4.69) is 38.3 Å². The van der Waals surface area contributed by atoms with Crippen LogP contribution in [0.2, 0.25) is 0 Å². The van der Waals surface area contributed by atoms with Crippen molar-refractivity contribution in [2.45, 2.75) is 19.4 Å². The first kappa shape index (κ1) is 11.9. The number of aromatic nitrogens is 2. The Morgan fingerprint density at radius 3 is 2.94 bits per heavy atom. The van der Waals surface area contributed by atoms with Gasteiger partial charge in [-0.3, -0.25) is 0 Å². The molecule has 1 aromatic heterocycles. The lowest BCUT2D eigenvalue weighted by Crippen LogP contribution is -2.16. The molecule has 0 radical (unpaired) electrons. The van der Waals surface area contributed by atoms with Crippen LogP contribution in [-0.4, -0.2) is 16.7 Å². The maximum Gasteiger partial charge on any atom is 0.244 e. The molecular weight excluding hydrogens is 294 g/mol. The summed E-state index contributed by atoms with van der Waals surface area (Å²) in [6.45, 7) is 3.21. The molecule has 0 aliphatic carbocycles. The van der Waals surface area contributed by atoms with Crippen molar-refractivity contribution in [3.63, 3.8) is 0 Å². The molecule has 1 aliphatic heterocycles. The van der Waals surface area contributed by atoms with Gasteiger partial charge in [0, 0.05) is 10.0 Å². The predicted molar refractivity (Wildman–Crippen MR) is 72.0 cm³/mol. The molecule has 1 fully saturated rings. The van der Waals surface area contributed by atoms with Gasteiger partial charge in [0.15, 0.2) is 0 Å². The van der Waals surface area contributed by atoms with Crippen molar-refractivity contribution in [2.24, 2.45) is 5.92 Å². The Balaban J connectivity index is 1.92. The summed E-state index contributed by atoms with van der Waals surface area (Å²) in [6.07, 6.45) is 1.15. The lowest BCUT2D eigenvalue weighted by Gasteiger charge is -2.09. The Morgan fingerprint density at radius 2 is 2.22 bits per heavy atom. The van der Waals surface area contributed by atoms with Crippen molar-refractivity contribution >= 4 is 15.9 Å². The minimum absolute atomic E-state index is 0.189. The second-order valence-corrected chi connectivity index (χ2v) is 5.49. The van der Waals surface area contributed by atoms with Gasteiger partial charge in [0.25, 0.3) is 0 Å². The van der Waals surface area contributed by atoms with E-state index in [1.807, 2.05) is 24.3 Å². The summed E-state index contributed by atoms with van der Waals surface area (Å²) in [5.41, 5.74) is 0.957.